The zero-order valence-electron chi connectivity index (χ0n) is 10.3. The van der Waals surface area contributed by atoms with Gasteiger partial charge < -0.3 is 0 Å². The van der Waals surface area contributed by atoms with E-state index in [-0.39, 0.29) is 6.54 Å². The minimum atomic E-state index is -3.47. The van der Waals surface area contributed by atoms with E-state index in [2.05, 4.69) is 27.6 Å². The van der Waals surface area contributed by atoms with Gasteiger partial charge in [0.2, 0.25) is 10.0 Å². The summed E-state index contributed by atoms with van der Waals surface area (Å²) in [5.74, 6) is 0. The topological polar surface area (TPSA) is 50.3 Å². The molecule has 0 N–H and O–H groups in total. The maximum absolute atomic E-state index is 12.4. The minimum Gasteiger partial charge on any atom is -0.260 e. The van der Waals surface area contributed by atoms with E-state index in [1.165, 1.54) is 4.31 Å². The Morgan fingerprint density at radius 2 is 2.00 bits per heavy atom. The Hall–Kier alpha value is -0.990. The Labute approximate surface area is 126 Å². The van der Waals surface area contributed by atoms with Gasteiger partial charge in [-0.1, -0.05) is 12.1 Å². The van der Waals surface area contributed by atoms with E-state index in [4.69, 9.17) is 0 Å². The Kier molecular flexibility index (Phi) is 4.54. The van der Waals surface area contributed by atoms with Gasteiger partial charge in [0.05, 0.1) is 17.1 Å². The van der Waals surface area contributed by atoms with Crippen LogP contribution >= 0.6 is 22.6 Å². The zero-order chi connectivity index (χ0) is 13.9. The van der Waals surface area contributed by atoms with Crippen molar-refractivity contribution in [3.8, 4) is 0 Å². The van der Waals surface area contributed by atoms with Crippen LogP contribution in [0.5, 0.6) is 0 Å². The first kappa shape index (κ1) is 14.4. The summed E-state index contributed by atoms with van der Waals surface area (Å²) in [5.41, 5.74) is 0.721. The van der Waals surface area contributed by atoms with Crippen LogP contribution in [0.15, 0.2) is 53.6 Å². The van der Waals surface area contributed by atoms with Gasteiger partial charge in [-0.15, -0.1) is 0 Å². The van der Waals surface area contributed by atoms with Crippen LogP contribution in [-0.2, 0) is 16.6 Å². The lowest BCUT2D eigenvalue weighted by molar-refractivity contribution is 0.462. The first-order chi connectivity index (χ1) is 9.00. The number of rotatable bonds is 4. The van der Waals surface area contributed by atoms with Gasteiger partial charge in [-0.2, -0.15) is 4.31 Å². The van der Waals surface area contributed by atoms with Crippen molar-refractivity contribution in [1.82, 2.24) is 9.29 Å². The normalized spacial score (nSPS) is 11.7. The Balaban J connectivity index is 2.25. The molecule has 100 valence electrons. The molecule has 0 fully saturated rings. The van der Waals surface area contributed by atoms with E-state index in [1.807, 2.05) is 12.1 Å². The summed E-state index contributed by atoms with van der Waals surface area (Å²) >= 11 is 2.10. The summed E-state index contributed by atoms with van der Waals surface area (Å²) in [6.45, 7) is 0.259. The molecule has 2 aromatic rings. The van der Waals surface area contributed by atoms with Crippen LogP contribution in [0.3, 0.4) is 0 Å². The third-order valence-corrected chi connectivity index (χ3v) is 5.09. The van der Waals surface area contributed by atoms with Crippen LogP contribution < -0.4 is 0 Å². The second-order valence-corrected chi connectivity index (χ2v) is 7.33. The van der Waals surface area contributed by atoms with Gasteiger partial charge in [-0.25, -0.2) is 8.42 Å². The smallest absolute Gasteiger partial charge is 0.243 e. The second kappa shape index (κ2) is 5.98. The molecule has 0 radical (unpaired) electrons. The fourth-order valence-corrected chi connectivity index (χ4v) is 3.56. The fourth-order valence-electron chi connectivity index (χ4n) is 1.61. The highest BCUT2D eigenvalue weighted by Crippen LogP contribution is 2.18. The second-order valence-electron chi connectivity index (χ2n) is 4.04. The average molecular weight is 388 g/mol. The SMILES string of the molecule is CN(Cc1ccccn1)S(=O)(=O)c1cccc(I)c1. The third kappa shape index (κ3) is 3.52. The molecule has 1 heterocycles. The van der Waals surface area contributed by atoms with Gasteiger partial charge in [0.1, 0.15) is 0 Å². The van der Waals surface area contributed by atoms with Crippen molar-refractivity contribution in [3.05, 3.63) is 57.9 Å². The number of hydrogen-bond acceptors (Lipinski definition) is 3. The summed E-state index contributed by atoms with van der Waals surface area (Å²) in [7, 11) is -1.91. The maximum atomic E-state index is 12.4. The molecule has 2 rings (SSSR count). The van der Waals surface area contributed by atoms with Gasteiger partial charge in [-0.05, 0) is 52.9 Å². The highest BCUT2D eigenvalue weighted by molar-refractivity contribution is 14.1. The summed E-state index contributed by atoms with van der Waals surface area (Å²) in [5, 5.41) is 0. The van der Waals surface area contributed by atoms with Crippen molar-refractivity contribution >= 4 is 32.6 Å². The van der Waals surface area contributed by atoms with Crippen molar-refractivity contribution in [2.24, 2.45) is 0 Å². The molecule has 0 amide bonds. The molecule has 0 saturated heterocycles. The highest BCUT2D eigenvalue weighted by Gasteiger charge is 2.21. The minimum absolute atomic E-state index is 0.259. The number of halogens is 1. The lowest BCUT2D eigenvalue weighted by Crippen LogP contribution is -2.26. The Morgan fingerprint density at radius 3 is 2.63 bits per heavy atom. The molecule has 19 heavy (non-hydrogen) atoms. The van der Waals surface area contributed by atoms with E-state index >= 15 is 0 Å². The lowest BCUT2D eigenvalue weighted by Gasteiger charge is -2.16. The van der Waals surface area contributed by atoms with Gasteiger partial charge in [0.15, 0.2) is 0 Å². The zero-order valence-corrected chi connectivity index (χ0v) is 13.3. The van der Waals surface area contributed by atoms with Crippen LogP contribution in [0.4, 0.5) is 0 Å². The molecule has 0 spiro atoms. The van der Waals surface area contributed by atoms with E-state index in [0.29, 0.717) is 4.90 Å². The number of pyridine rings is 1. The van der Waals surface area contributed by atoms with E-state index in [0.717, 1.165) is 9.26 Å². The van der Waals surface area contributed by atoms with Crippen LogP contribution in [0.2, 0.25) is 0 Å². The van der Waals surface area contributed by atoms with Crippen LogP contribution in [-0.4, -0.2) is 24.8 Å². The first-order valence-corrected chi connectivity index (χ1v) is 8.14. The molecule has 1 aromatic carbocycles. The number of aromatic nitrogens is 1. The van der Waals surface area contributed by atoms with Gasteiger partial charge in [0, 0.05) is 16.8 Å². The molecule has 1 aromatic heterocycles. The van der Waals surface area contributed by atoms with Gasteiger partial charge in [0.25, 0.3) is 0 Å². The predicted octanol–water partition coefficient (Wildman–Crippen LogP) is 2.51. The molecule has 0 unspecified atom stereocenters. The van der Waals surface area contributed by atoms with Gasteiger partial charge in [-0.3, -0.25) is 4.98 Å². The molecule has 0 aliphatic rings. The fraction of sp³-hybridized carbons (Fsp3) is 0.154. The quantitative estimate of drug-likeness (QED) is 0.757. The van der Waals surface area contributed by atoms with Crippen molar-refractivity contribution in [2.75, 3.05) is 7.05 Å². The van der Waals surface area contributed by atoms with Crippen LogP contribution in [0, 0.1) is 3.57 Å². The molecular weight excluding hydrogens is 375 g/mol. The van der Waals surface area contributed by atoms with Crippen molar-refractivity contribution in [1.29, 1.82) is 0 Å². The third-order valence-electron chi connectivity index (χ3n) is 2.62. The van der Waals surface area contributed by atoms with Crippen molar-refractivity contribution in [3.63, 3.8) is 0 Å². The largest absolute Gasteiger partial charge is 0.260 e. The first-order valence-electron chi connectivity index (χ1n) is 5.62. The van der Waals surface area contributed by atoms with Crippen LogP contribution in [0.1, 0.15) is 5.69 Å². The molecule has 0 atom stereocenters. The molecular formula is C13H13IN2O2S. The van der Waals surface area contributed by atoms with E-state index in [9.17, 15) is 8.42 Å². The number of benzene rings is 1. The number of nitrogens with zero attached hydrogens (tertiary/aromatic N) is 2. The standard InChI is InChI=1S/C13H13IN2O2S/c1-16(10-12-6-2-3-8-15-12)19(17,18)13-7-4-5-11(14)9-13/h2-9H,10H2,1H3. The molecule has 4 nitrogen and oxygen atoms in total. The van der Waals surface area contributed by atoms with E-state index in [1.54, 1.807) is 43.6 Å². The molecule has 0 bridgehead atoms. The molecule has 6 heteroatoms. The van der Waals surface area contributed by atoms with Crippen molar-refractivity contribution in [2.45, 2.75) is 11.4 Å². The Morgan fingerprint density at radius 1 is 1.21 bits per heavy atom. The predicted molar refractivity (Wildman–Crippen MR) is 82.0 cm³/mol. The summed E-state index contributed by atoms with van der Waals surface area (Å²) in [4.78, 5) is 4.44. The van der Waals surface area contributed by atoms with Crippen LogP contribution in [0.25, 0.3) is 0 Å². The number of hydrogen-bond donors (Lipinski definition) is 0. The highest BCUT2D eigenvalue weighted by atomic mass is 127. The summed E-state index contributed by atoms with van der Waals surface area (Å²) in [6, 6.07) is 12.3. The summed E-state index contributed by atoms with van der Waals surface area (Å²) < 4.78 is 27.0. The Bertz CT molecular complexity index is 659. The van der Waals surface area contributed by atoms with Gasteiger partial charge >= 0.3 is 0 Å². The van der Waals surface area contributed by atoms with E-state index < -0.39 is 10.0 Å². The molecule has 0 aliphatic heterocycles. The maximum Gasteiger partial charge on any atom is 0.243 e. The lowest BCUT2D eigenvalue weighted by atomic mass is 10.3. The average Bonchev–Trinajstić information content (AvgIpc) is 2.40. The molecule has 0 saturated carbocycles. The monoisotopic (exact) mass is 388 g/mol. The summed E-state index contributed by atoms with van der Waals surface area (Å²) in [6.07, 6.45) is 1.65. The number of sulfonamides is 1. The molecule has 0 aliphatic carbocycles. The van der Waals surface area contributed by atoms with Crippen molar-refractivity contribution < 1.29 is 8.42 Å².